The summed E-state index contributed by atoms with van der Waals surface area (Å²) in [7, 11) is 0. The fraction of sp³-hybridized carbons (Fsp3) is 0.400. The molecule has 5 nitrogen and oxygen atoms in total. The first-order chi connectivity index (χ1) is 10.5. The molecule has 0 N–H and O–H groups in total. The van der Waals surface area contributed by atoms with Crippen LogP contribution in [0.3, 0.4) is 0 Å². The van der Waals surface area contributed by atoms with Crippen LogP contribution in [0.2, 0.25) is 5.02 Å². The molecule has 2 heterocycles. The summed E-state index contributed by atoms with van der Waals surface area (Å²) in [5, 5.41) is 4.05. The summed E-state index contributed by atoms with van der Waals surface area (Å²) in [6.45, 7) is 2.79. The highest BCUT2D eigenvalue weighted by molar-refractivity contribution is 6.30. The number of amides is 1. The lowest BCUT2D eigenvalue weighted by atomic mass is 9.97. The van der Waals surface area contributed by atoms with E-state index in [1.807, 2.05) is 0 Å². The van der Waals surface area contributed by atoms with Gasteiger partial charge in [0.25, 0.3) is 5.91 Å². The topological polar surface area (TPSA) is 59.2 Å². The molecular formula is C15H15ClFN3O2. The Morgan fingerprint density at radius 1 is 1.50 bits per heavy atom. The molecule has 0 bridgehead atoms. The van der Waals surface area contributed by atoms with E-state index in [1.54, 1.807) is 11.8 Å². The number of aromatic nitrogens is 2. The number of halogens is 2. The third-order valence-electron chi connectivity index (χ3n) is 3.76. The molecule has 0 aliphatic carbocycles. The summed E-state index contributed by atoms with van der Waals surface area (Å²) in [6.07, 6.45) is 1.68. The van der Waals surface area contributed by atoms with Crippen LogP contribution >= 0.6 is 11.6 Å². The Morgan fingerprint density at radius 2 is 2.32 bits per heavy atom. The average Bonchev–Trinajstić information content (AvgIpc) is 2.93. The van der Waals surface area contributed by atoms with Gasteiger partial charge in [0, 0.05) is 18.1 Å². The molecule has 1 amide bonds. The molecule has 1 atom stereocenters. The second kappa shape index (κ2) is 6.04. The van der Waals surface area contributed by atoms with Gasteiger partial charge in [-0.05, 0) is 38.0 Å². The molecule has 22 heavy (non-hydrogen) atoms. The summed E-state index contributed by atoms with van der Waals surface area (Å²) in [4.78, 5) is 18.3. The van der Waals surface area contributed by atoms with E-state index in [-0.39, 0.29) is 22.4 Å². The maximum Gasteiger partial charge on any atom is 0.256 e. The van der Waals surface area contributed by atoms with Gasteiger partial charge in [-0.1, -0.05) is 16.8 Å². The van der Waals surface area contributed by atoms with Gasteiger partial charge < -0.3 is 9.42 Å². The van der Waals surface area contributed by atoms with Crippen molar-refractivity contribution in [1.82, 2.24) is 15.0 Å². The molecule has 1 aromatic heterocycles. The van der Waals surface area contributed by atoms with Crippen LogP contribution in [0.5, 0.6) is 0 Å². The summed E-state index contributed by atoms with van der Waals surface area (Å²) in [5.41, 5.74) is 0.0340. The van der Waals surface area contributed by atoms with Crippen molar-refractivity contribution in [1.29, 1.82) is 0 Å². The van der Waals surface area contributed by atoms with Gasteiger partial charge in [0.2, 0.25) is 5.89 Å². The van der Waals surface area contributed by atoms with Gasteiger partial charge in [-0.3, -0.25) is 4.79 Å². The molecule has 1 saturated heterocycles. The molecule has 0 radical (unpaired) electrons. The van der Waals surface area contributed by atoms with Gasteiger partial charge in [0.15, 0.2) is 5.82 Å². The normalized spacial score (nSPS) is 18.5. The summed E-state index contributed by atoms with van der Waals surface area (Å²) < 4.78 is 19.1. The number of nitrogens with zero attached hydrogens (tertiary/aromatic N) is 3. The van der Waals surface area contributed by atoms with E-state index in [4.69, 9.17) is 16.1 Å². The lowest BCUT2D eigenvalue weighted by Crippen LogP contribution is -2.39. The Hall–Kier alpha value is -1.95. The molecular weight excluding hydrogens is 309 g/mol. The predicted molar refractivity (Wildman–Crippen MR) is 78.3 cm³/mol. The number of rotatable bonds is 2. The Bertz CT molecular complexity index is 704. The van der Waals surface area contributed by atoms with E-state index < -0.39 is 5.82 Å². The number of likely N-dealkylation sites (tertiary alicyclic amines) is 1. The smallest absolute Gasteiger partial charge is 0.256 e. The summed E-state index contributed by atoms with van der Waals surface area (Å²) in [5.74, 6) is 0.159. The van der Waals surface area contributed by atoms with E-state index in [0.717, 1.165) is 18.9 Å². The minimum Gasteiger partial charge on any atom is -0.339 e. The fourth-order valence-corrected chi connectivity index (χ4v) is 2.83. The van der Waals surface area contributed by atoms with Crippen molar-refractivity contribution in [2.24, 2.45) is 0 Å². The van der Waals surface area contributed by atoms with Crippen molar-refractivity contribution in [3.8, 4) is 0 Å². The Labute approximate surface area is 132 Å². The van der Waals surface area contributed by atoms with Crippen LogP contribution in [0.4, 0.5) is 4.39 Å². The van der Waals surface area contributed by atoms with E-state index in [1.165, 1.54) is 12.1 Å². The fourth-order valence-electron chi connectivity index (χ4n) is 2.68. The van der Waals surface area contributed by atoms with E-state index in [9.17, 15) is 9.18 Å². The van der Waals surface area contributed by atoms with Crippen LogP contribution in [-0.4, -0.2) is 34.0 Å². The number of aryl methyl sites for hydroxylation is 1. The number of piperidine rings is 1. The van der Waals surface area contributed by atoms with Crippen LogP contribution in [-0.2, 0) is 0 Å². The van der Waals surface area contributed by atoms with Crippen molar-refractivity contribution in [2.75, 3.05) is 13.1 Å². The molecule has 2 aromatic rings. The molecule has 7 heteroatoms. The summed E-state index contributed by atoms with van der Waals surface area (Å²) >= 11 is 5.72. The minimum absolute atomic E-state index is 0.00531. The van der Waals surface area contributed by atoms with Gasteiger partial charge >= 0.3 is 0 Å². The number of hydrogen-bond acceptors (Lipinski definition) is 4. The second-order valence-electron chi connectivity index (χ2n) is 5.39. The largest absolute Gasteiger partial charge is 0.339 e. The lowest BCUT2D eigenvalue weighted by Gasteiger charge is -2.31. The molecule has 3 rings (SSSR count). The van der Waals surface area contributed by atoms with Gasteiger partial charge in [0.05, 0.1) is 11.5 Å². The average molecular weight is 324 g/mol. The monoisotopic (exact) mass is 323 g/mol. The molecule has 0 unspecified atom stereocenters. The Balaban J connectivity index is 1.78. The number of carbonyl (C=O) groups excluding carboxylic acids is 1. The maximum absolute atomic E-state index is 13.9. The van der Waals surface area contributed by atoms with Crippen molar-refractivity contribution in [2.45, 2.75) is 25.7 Å². The zero-order valence-electron chi connectivity index (χ0n) is 12.1. The quantitative estimate of drug-likeness (QED) is 0.851. The van der Waals surface area contributed by atoms with Gasteiger partial charge in [-0.25, -0.2) is 4.39 Å². The first-order valence-electron chi connectivity index (χ1n) is 7.09. The Morgan fingerprint density at radius 3 is 3.00 bits per heavy atom. The van der Waals surface area contributed by atoms with E-state index in [2.05, 4.69) is 10.1 Å². The SMILES string of the molecule is Cc1noc([C@H]2CCCN(C(=O)c3ccc(Cl)cc3F)C2)n1. The van der Waals surface area contributed by atoms with Gasteiger partial charge in [-0.2, -0.15) is 4.98 Å². The number of hydrogen-bond donors (Lipinski definition) is 0. The highest BCUT2D eigenvalue weighted by Gasteiger charge is 2.29. The number of benzene rings is 1. The van der Waals surface area contributed by atoms with Crippen molar-refractivity contribution in [3.05, 3.63) is 46.3 Å². The first-order valence-corrected chi connectivity index (χ1v) is 7.47. The van der Waals surface area contributed by atoms with E-state index >= 15 is 0 Å². The molecule has 1 aromatic carbocycles. The van der Waals surface area contributed by atoms with Crippen LogP contribution in [0, 0.1) is 12.7 Å². The predicted octanol–water partition coefficient (Wildman–Crippen LogP) is 3.19. The minimum atomic E-state index is -0.603. The second-order valence-corrected chi connectivity index (χ2v) is 5.83. The van der Waals surface area contributed by atoms with Crippen molar-refractivity contribution in [3.63, 3.8) is 0 Å². The standard InChI is InChI=1S/C15H15ClFN3O2/c1-9-18-14(22-19-9)10-3-2-6-20(8-10)15(21)12-5-4-11(16)7-13(12)17/h4-5,7,10H,2-3,6,8H2,1H3/t10-/m0/s1. The van der Waals surface area contributed by atoms with Crippen LogP contribution in [0.1, 0.15) is 40.8 Å². The Kier molecular flexibility index (Phi) is 4.11. The molecule has 0 spiro atoms. The highest BCUT2D eigenvalue weighted by Crippen LogP contribution is 2.27. The van der Waals surface area contributed by atoms with E-state index in [0.29, 0.717) is 24.8 Å². The first kappa shape index (κ1) is 15.0. The van der Waals surface area contributed by atoms with Crippen molar-refractivity contribution >= 4 is 17.5 Å². The summed E-state index contributed by atoms with van der Waals surface area (Å²) in [6, 6.07) is 4.08. The lowest BCUT2D eigenvalue weighted by molar-refractivity contribution is 0.0691. The third-order valence-corrected chi connectivity index (χ3v) is 4.00. The highest BCUT2D eigenvalue weighted by atomic mass is 35.5. The van der Waals surface area contributed by atoms with Crippen LogP contribution in [0.15, 0.2) is 22.7 Å². The number of carbonyl (C=O) groups is 1. The van der Waals surface area contributed by atoms with Crippen LogP contribution in [0.25, 0.3) is 0 Å². The molecule has 1 aliphatic rings. The van der Waals surface area contributed by atoms with Crippen molar-refractivity contribution < 1.29 is 13.7 Å². The third kappa shape index (κ3) is 2.97. The molecule has 1 aliphatic heterocycles. The zero-order chi connectivity index (χ0) is 15.7. The molecule has 1 fully saturated rings. The van der Waals surface area contributed by atoms with Gasteiger partial charge in [-0.15, -0.1) is 0 Å². The molecule has 0 saturated carbocycles. The van der Waals surface area contributed by atoms with Crippen LogP contribution < -0.4 is 0 Å². The van der Waals surface area contributed by atoms with Gasteiger partial charge in [0.1, 0.15) is 5.82 Å². The maximum atomic E-state index is 13.9. The molecule has 116 valence electrons. The zero-order valence-corrected chi connectivity index (χ0v) is 12.8.